The first-order valence-corrected chi connectivity index (χ1v) is 6.80. The first kappa shape index (κ1) is 11.9. The Kier molecular flexibility index (Phi) is 3.84. The largest absolute Gasteiger partial charge is 0.341 e. The van der Waals surface area contributed by atoms with Gasteiger partial charge < -0.3 is 9.80 Å². The molecule has 0 spiro atoms. The van der Waals surface area contributed by atoms with Crippen LogP contribution >= 0.6 is 15.9 Å². The minimum absolute atomic E-state index is 0.0683. The van der Waals surface area contributed by atoms with E-state index in [-0.39, 0.29) is 23.2 Å². The van der Waals surface area contributed by atoms with Gasteiger partial charge in [0.15, 0.2) is 0 Å². The zero-order valence-corrected chi connectivity index (χ0v) is 10.9. The minimum atomic E-state index is -0.0902. The molecular formula is C11H17BrN2O2. The van der Waals surface area contributed by atoms with Crippen molar-refractivity contribution in [3.05, 3.63) is 0 Å². The number of carbonyl (C=O) groups is 2. The first-order chi connectivity index (χ1) is 7.68. The van der Waals surface area contributed by atoms with Crippen LogP contribution in [-0.2, 0) is 9.59 Å². The maximum Gasteiger partial charge on any atom is 0.242 e. The molecule has 90 valence electrons. The first-order valence-electron chi connectivity index (χ1n) is 5.89. The molecule has 0 aromatic rings. The van der Waals surface area contributed by atoms with Crippen molar-refractivity contribution in [2.24, 2.45) is 0 Å². The highest BCUT2D eigenvalue weighted by Gasteiger charge is 2.29. The van der Waals surface area contributed by atoms with Crippen molar-refractivity contribution >= 4 is 27.7 Å². The molecule has 0 saturated carbocycles. The fourth-order valence-corrected chi connectivity index (χ4v) is 2.89. The molecule has 2 aliphatic heterocycles. The molecule has 0 radical (unpaired) electrons. The van der Waals surface area contributed by atoms with E-state index in [0.717, 1.165) is 45.3 Å². The van der Waals surface area contributed by atoms with E-state index in [4.69, 9.17) is 0 Å². The predicted octanol–water partition coefficient (Wildman–Crippen LogP) is 0.995. The maximum atomic E-state index is 11.9. The Bertz CT molecular complexity index is 290. The van der Waals surface area contributed by atoms with Gasteiger partial charge in [0, 0.05) is 19.6 Å². The number of piperidine rings is 1. The van der Waals surface area contributed by atoms with Crippen molar-refractivity contribution in [2.75, 3.05) is 26.2 Å². The lowest BCUT2D eigenvalue weighted by Gasteiger charge is -2.30. The lowest BCUT2D eigenvalue weighted by atomic mass is 10.1. The van der Waals surface area contributed by atoms with Crippen molar-refractivity contribution < 1.29 is 9.59 Å². The number of hydrogen-bond acceptors (Lipinski definition) is 2. The normalized spacial score (nSPS) is 26.3. The standard InChI is InChI=1S/C11H17BrN2O2/c12-9-4-3-7-14(11(9)16)8-10(15)13-5-1-2-6-13/h9H,1-8H2. The Morgan fingerprint density at radius 2 is 1.94 bits per heavy atom. The summed E-state index contributed by atoms with van der Waals surface area (Å²) >= 11 is 3.35. The van der Waals surface area contributed by atoms with Crippen molar-refractivity contribution in [1.82, 2.24) is 9.80 Å². The van der Waals surface area contributed by atoms with E-state index in [2.05, 4.69) is 15.9 Å². The van der Waals surface area contributed by atoms with Gasteiger partial charge in [-0.3, -0.25) is 9.59 Å². The highest BCUT2D eigenvalue weighted by molar-refractivity contribution is 9.10. The Balaban J connectivity index is 1.88. The Morgan fingerprint density at radius 3 is 2.62 bits per heavy atom. The van der Waals surface area contributed by atoms with E-state index in [0.29, 0.717) is 0 Å². The second kappa shape index (κ2) is 5.17. The number of alkyl halides is 1. The third kappa shape index (κ3) is 2.56. The van der Waals surface area contributed by atoms with Crippen LogP contribution in [0.15, 0.2) is 0 Å². The second-order valence-electron chi connectivity index (χ2n) is 4.46. The molecular weight excluding hydrogens is 272 g/mol. The lowest BCUT2D eigenvalue weighted by molar-refractivity contribution is -0.140. The summed E-state index contributed by atoms with van der Waals surface area (Å²) in [6.45, 7) is 2.71. The lowest BCUT2D eigenvalue weighted by Crippen LogP contribution is -2.47. The van der Waals surface area contributed by atoms with Gasteiger partial charge in [0.2, 0.25) is 11.8 Å². The molecule has 2 amide bonds. The van der Waals surface area contributed by atoms with Crippen LogP contribution in [0.2, 0.25) is 0 Å². The Labute approximate surface area is 104 Å². The fourth-order valence-electron chi connectivity index (χ4n) is 2.28. The van der Waals surface area contributed by atoms with E-state index < -0.39 is 0 Å². The molecule has 4 nitrogen and oxygen atoms in total. The average molecular weight is 289 g/mol. The minimum Gasteiger partial charge on any atom is -0.341 e. The van der Waals surface area contributed by atoms with Crippen molar-refractivity contribution in [1.29, 1.82) is 0 Å². The van der Waals surface area contributed by atoms with Crippen molar-refractivity contribution in [3.8, 4) is 0 Å². The molecule has 0 aromatic carbocycles. The summed E-state index contributed by atoms with van der Waals surface area (Å²) < 4.78 is 0. The van der Waals surface area contributed by atoms with Crippen molar-refractivity contribution in [3.63, 3.8) is 0 Å². The van der Waals surface area contributed by atoms with Gasteiger partial charge >= 0.3 is 0 Å². The third-order valence-corrected chi connectivity index (χ3v) is 4.10. The van der Waals surface area contributed by atoms with Crippen LogP contribution < -0.4 is 0 Å². The van der Waals surface area contributed by atoms with Gasteiger partial charge in [-0.25, -0.2) is 0 Å². The van der Waals surface area contributed by atoms with E-state index >= 15 is 0 Å². The summed E-state index contributed by atoms with van der Waals surface area (Å²) in [6, 6.07) is 0. The summed E-state index contributed by atoms with van der Waals surface area (Å²) in [5, 5.41) is 0. The third-order valence-electron chi connectivity index (χ3n) is 3.25. The van der Waals surface area contributed by atoms with Crippen molar-refractivity contribution in [2.45, 2.75) is 30.5 Å². The molecule has 2 fully saturated rings. The second-order valence-corrected chi connectivity index (χ2v) is 5.56. The number of hydrogen-bond donors (Lipinski definition) is 0. The van der Waals surface area contributed by atoms with Crippen LogP contribution in [0.1, 0.15) is 25.7 Å². The molecule has 0 bridgehead atoms. The van der Waals surface area contributed by atoms with Crippen LogP contribution in [0.4, 0.5) is 0 Å². The quantitative estimate of drug-likeness (QED) is 0.711. The summed E-state index contributed by atoms with van der Waals surface area (Å²) in [4.78, 5) is 27.1. The molecule has 5 heteroatoms. The summed E-state index contributed by atoms with van der Waals surface area (Å²) in [7, 11) is 0. The number of nitrogens with zero attached hydrogens (tertiary/aromatic N) is 2. The van der Waals surface area contributed by atoms with Gasteiger partial charge in [0.05, 0.1) is 11.4 Å². The van der Waals surface area contributed by atoms with Gasteiger partial charge in [-0.2, -0.15) is 0 Å². The smallest absolute Gasteiger partial charge is 0.242 e. The topological polar surface area (TPSA) is 40.6 Å². The van der Waals surface area contributed by atoms with Crippen LogP contribution in [0.5, 0.6) is 0 Å². The molecule has 0 aromatic heterocycles. The number of rotatable bonds is 2. The van der Waals surface area contributed by atoms with Crippen LogP contribution in [0, 0.1) is 0 Å². The van der Waals surface area contributed by atoms with Gasteiger partial charge in [-0.1, -0.05) is 15.9 Å². The van der Waals surface area contributed by atoms with Crippen LogP contribution in [0.25, 0.3) is 0 Å². The molecule has 16 heavy (non-hydrogen) atoms. The molecule has 2 rings (SSSR count). The maximum absolute atomic E-state index is 11.9. The number of amides is 2. The molecule has 2 heterocycles. The predicted molar refractivity (Wildman–Crippen MR) is 64.3 cm³/mol. The Hall–Kier alpha value is -0.580. The van der Waals surface area contributed by atoms with Gasteiger partial charge in [0.1, 0.15) is 0 Å². The molecule has 2 aliphatic rings. The van der Waals surface area contributed by atoms with E-state index in [1.54, 1.807) is 4.90 Å². The van der Waals surface area contributed by atoms with E-state index in [1.807, 2.05) is 4.90 Å². The SMILES string of the molecule is O=C(CN1CCCC(Br)C1=O)N1CCCC1. The molecule has 1 unspecified atom stereocenters. The fraction of sp³-hybridized carbons (Fsp3) is 0.818. The highest BCUT2D eigenvalue weighted by atomic mass is 79.9. The van der Waals surface area contributed by atoms with E-state index in [1.165, 1.54) is 0 Å². The van der Waals surface area contributed by atoms with Crippen LogP contribution in [0.3, 0.4) is 0 Å². The monoisotopic (exact) mass is 288 g/mol. The summed E-state index contributed by atoms with van der Waals surface area (Å²) in [5.74, 6) is 0.172. The Morgan fingerprint density at radius 1 is 1.25 bits per heavy atom. The zero-order chi connectivity index (χ0) is 11.5. The number of halogens is 1. The molecule has 2 saturated heterocycles. The van der Waals surface area contributed by atoms with E-state index in [9.17, 15) is 9.59 Å². The average Bonchev–Trinajstić information content (AvgIpc) is 2.78. The highest BCUT2D eigenvalue weighted by Crippen LogP contribution is 2.18. The molecule has 0 aliphatic carbocycles. The van der Waals surface area contributed by atoms with Crippen LogP contribution in [-0.4, -0.2) is 52.6 Å². The number of likely N-dealkylation sites (tertiary alicyclic amines) is 2. The number of carbonyl (C=O) groups excluding carboxylic acids is 2. The zero-order valence-electron chi connectivity index (χ0n) is 9.32. The van der Waals surface area contributed by atoms with Gasteiger partial charge in [-0.05, 0) is 25.7 Å². The summed E-state index contributed by atoms with van der Waals surface area (Å²) in [5.41, 5.74) is 0. The molecule has 1 atom stereocenters. The van der Waals surface area contributed by atoms with Gasteiger partial charge in [0.25, 0.3) is 0 Å². The van der Waals surface area contributed by atoms with Gasteiger partial charge in [-0.15, -0.1) is 0 Å². The summed E-state index contributed by atoms with van der Waals surface area (Å²) in [6.07, 6.45) is 4.06. The molecule has 0 N–H and O–H groups in total.